The number of phenolic OH excluding ortho intramolecular Hbond substituents is 1. The van der Waals surface area contributed by atoms with Gasteiger partial charge in [0.25, 0.3) is 11.8 Å². The third-order valence-corrected chi connectivity index (χ3v) is 11.8. The first-order valence-corrected chi connectivity index (χ1v) is 20.9. The van der Waals surface area contributed by atoms with Gasteiger partial charge in [-0.1, -0.05) is 61.5 Å². The van der Waals surface area contributed by atoms with Gasteiger partial charge >= 0.3 is 5.97 Å². The summed E-state index contributed by atoms with van der Waals surface area (Å²) in [4.78, 5) is 125. The van der Waals surface area contributed by atoms with Gasteiger partial charge in [-0.05, 0) is 54.7 Å². The van der Waals surface area contributed by atoms with Gasteiger partial charge in [0.15, 0.2) is 12.2 Å². The maximum absolute atomic E-state index is 15.0. The third kappa shape index (κ3) is 10.3. The standard InChI is InChI=1S/C45H54N8O10/c1-6-32-42(59)52-23-12-16-33(52)43(60)50(4)35(25-27-18-20-29(21-19-27)49(2)3)44(61)53-24-22-30(54)26-34(53)40(57)47-37(28-13-8-7-9-14-28)45(62)63-51(5)38(41(58)46-32)48-39(56)31-15-10-11-17-36(31)55/h7-11,13-15,17-21,32-35,37-38,55H,6,12,16,22-26H2,1-5H3,(H,46,58)(H,47,57)(H,48,56)/t32-,33+,34-,35-,37+,38+/m0/s1. The van der Waals surface area contributed by atoms with E-state index in [1.165, 1.54) is 53.1 Å². The molecule has 18 nitrogen and oxygen atoms in total. The van der Waals surface area contributed by atoms with Gasteiger partial charge in [-0.15, -0.1) is 5.06 Å². The Labute approximate surface area is 365 Å². The molecule has 6 atom stereocenters. The smallest absolute Gasteiger partial charge is 0.352 e. The minimum Gasteiger partial charge on any atom is -0.507 e. The van der Waals surface area contributed by atoms with E-state index >= 15 is 0 Å². The van der Waals surface area contributed by atoms with Crippen molar-refractivity contribution in [3.8, 4) is 5.75 Å². The van der Waals surface area contributed by atoms with Crippen molar-refractivity contribution in [3.05, 3.63) is 95.6 Å². The summed E-state index contributed by atoms with van der Waals surface area (Å²) < 4.78 is 0. The molecule has 3 aromatic carbocycles. The lowest BCUT2D eigenvalue weighted by molar-refractivity contribution is -0.200. The fourth-order valence-electron chi connectivity index (χ4n) is 8.13. The van der Waals surface area contributed by atoms with E-state index in [0.717, 1.165) is 10.8 Å². The summed E-state index contributed by atoms with van der Waals surface area (Å²) in [7, 11) is 6.43. The predicted molar refractivity (Wildman–Crippen MR) is 228 cm³/mol. The number of hydroxylamine groups is 2. The van der Waals surface area contributed by atoms with E-state index in [1.54, 1.807) is 37.3 Å². The van der Waals surface area contributed by atoms with Crippen LogP contribution in [0.15, 0.2) is 78.9 Å². The number of carbonyl (C=O) groups excluding carboxylic acids is 8. The van der Waals surface area contributed by atoms with Crippen LogP contribution in [0.5, 0.6) is 5.75 Å². The molecule has 0 unspecified atom stereocenters. The highest BCUT2D eigenvalue weighted by molar-refractivity contribution is 6.01. The Balaban J connectivity index is 1.44. The van der Waals surface area contributed by atoms with Crippen LogP contribution in [0.2, 0.25) is 0 Å². The number of Topliss-reactive ketones (excluding diaryl/α,β-unsaturated/α-hetero) is 1. The third-order valence-electron chi connectivity index (χ3n) is 11.8. The topological polar surface area (TPSA) is 218 Å². The molecule has 0 saturated carbocycles. The molecule has 6 rings (SSSR count). The highest BCUT2D eigenvalue weighted by Crippen LogP contribution is 2.27. The van der Waals surface area contributed by atoms with Crippen LogP contribution >= 0.6 is 0 Å². The van der Waals surface area contributed by atoms with Crippen molar-refractivity contribution >= 4 is 52.9 Å². The number of benzene rings is 3. The summed E-state index contributed by atoms with van der Waals surface area (Å²) in [5.74, 6) is -6.29. The molecule has 0 bridgehead atoms. The normalized spacial score (nSPS) is 24.6. The number of amides is 6. The molecule has 6 amide bonds. The monoisotopic (exact) mass is 866 g/mol. The van der Waals surface area contributed by atoms with Crippen molar-refractivity contribution < 1.29 is 48.3 Å². The number of nitrogens with one attached hydrogen (secondary N) is 3. The van der Waals surface area contributed by atoms with E-state index in [2.05, 4.69) is 16.0 Å². The first-order chi connectivity index (χ1) is 30.1. The molecule has 3 aliphatic rings. The highest BCUT2D eigenvalue weighted by Gasteiger charge is 2.45. The zero-order valence-corrected chi connectivity index (χ0v) is 36.0. The minimum absolute atomic E-state index is 0.0288. The van der Waals surface area contributed by atoms with E-state index in [9.17, 15) is 43.5 Å². The number of fused-ring (bicyclic) bond motifs is 2. The second-order valence-electron chi connectivity index (χ2n) is 16.1. The van der Waals surface area contributed by atoms with Gasteiger partial charge in [0.2, 0.25) is 23.6 Å². The Morgan fingerprint density at radius 1 is 0.810 bits per heavy atom. The van der Waals surface area contributed by atoms with Gasteiger partial charge < -0.3 is 45.5 Å². The quantitative estimate of drug-likeness (QED) is 0.264. The molecule has 0 radical (unpaired) electrons. The number of nitrogens with zero attached hydrogens (tertiary/aromatic N) is 5. The summed E-state index contributed by atoms with van der Waals surface area (Å²) >= 11 is 0. The van der Waals surface area contributed by atoms with Crippen LogP contribution in [0.25, 0.3) is 0 Å². The summed E-state index contributed by atoms with van der Waals surface area (Å²) in [5, 5.41) is 19.0. The summed E-state index contributed by atoms with van der Waals surface area (Å²) in [6.45, 7) is 1.68. The number of anilines is 1. The summed E-state index contributed by atoms with van der Waals surface area (Å²) in [6.07, 6.45) is -1.44. The van der Waals surface area contributed by atoms with E-state index in [0.29, 0.717) is 12.0 Å². The van der Waals surface area contributed by atoms with Gasteiger partial charge in [0, 0.05) is 66.2 Å². The van der Waals surface area contributed by atoms with Crippen molar-refractivity contribution in [1.29, 1.82) is 0 Å². The second kappa shape index (κ2) is 19.9. The molecular weight excluding hydrogens is 813 g/mol. The number of para-hydroxylation sites is 1. The van der Waals surface area contributed by atoms with Crippen LogP contribution < -0.4 is 20.9 Å². The van der Waals surface area contributed by atoms with Crippen molar-refractivity contribution in [2.24, 2.45) is 0 Å². The van der Waals surface area contributed by atoms with Crippen LogP contribution in [0.3, 0.4) is 0 Å². The first kappa shape index (κ1) is 45.7. The maximum Gasteiger partial charge on any atom is 0.352 e. The van der Waals surface area contributed by atoms with Crippen LogP contribution in [-0.2, 0) is 44.8 Å². The lowest BCUT2D eigenvalue weighted by atomic mass is 9.95. The molecule has 3 saturated heterocycles. The Kier molecular flexibility index (Phi) is 14.4. The Morgan fingerprint density at radius 3 is 2.14 bits per heavy atom. The summed E-state index contributed by atoms with van der Waals surface area (Å²) in [6, 6.07) is 14.6. The molecule has 3 aliphatic heterocycles. The van der Waals surface area contributed by atoms with Crippen LogP contribution in [0, 0.1) is 0 Å². The molecule has 0 aliphatic carbocycles. The summed E-state index contributed by atoms with van der Waals surface area (Å²) in [5.41, 5.74) is 1.65. The maximum atomic E-state index is 15.0. The van der Waals surface area contributed by atoms with Crippen LogP contribution in [0.4, 0.5) is 5.69 Å². The zero-order valence-electron chi connectivity index (χ0n) is 36.0. The van der Waals surface area contributed by atoms with E-state index in [-0.39, 0.29) is 62.1 Å². The van der Waals surface area contributed by atoms with Gasteiger partial charge in [-0.25, -0.2) is 4.79 Å². The van der Waals surface area contributed by atoms with E-state index < -0.39 is 83.5 Å². The Morgan fingerprint density at radius 2 is 1.48 bits per heavy atom. The molecule has 3 fully saturated rings. The molecule has 0 aromatic heterocycles. The minimum atomic E-state index is -1.81. The number of aromatic hydroxyl groups is 1. The number of carbonyl (C=O) groups is 8. The Hall–Kier alpha value is -6.82. The van der Waals surface area contributed by atoms with Crippen molar-refractivity contribution in [1.82, 2.24) is 35.7 Å². The van der Waals surface area contributed by atoms with Crippen molar-refractivity contribution in [3.63, 3.8) is 0 Å². The molecule has 18 heteroatoms. The number of hydrogen-bond donors (Lipinski definition) is 4. The number of phenols is 1. The predicted octanol–water partition coefficient (Wildman–Crippen LogP) is 1.29. The average molecular weight is 867 g/mol. The van der Waals surface area contributed by atoms with Crippen LogP contribution in [-0.4, -0.2) is 144 Å². The average Bonchev–Trinajstić information content (AvgIpc) is 3.77. The molecule has 3 heterocycles. The fraction of sp³-hybridized carbons (Fsp3) is 0.422. The molecule has 3 aromatic rings. The second-order valence-corrected chi connectivity index (χ2v) is 16.1. The van der Waals surface area contributed by atoms with Gasteiger partial charge in [0.05, 0.1) is 5.56 Å². The largest absolute Gasteiger partial charge is 0.507 e. The lowest BCUT2D eigenvalue weighted by Crippen LogP contribution is -2.61. The molecule has 63 heavy (non-hydrogen) atoms. The van der Waals surface area contributed by atoms with Gasteiger partial charge in [0.1, 0.15) is 35.7 Å². The van der Waals surface area contributed by atoms with Gasteiger partial charge in [-0.3, -0.25) is 33.6 Å². The molecule has 4 N–H and O–H groups in total. The molecule has 0 spiro atoms. The van der Waals surface area contributed by atoms with Crippen molar-refractivity contribution in [2.45, 2.75) is 81.8 Å². The van der Waals surface area contributed by atoms with Crippen LogP contribution in [0.1, 0.15) is 66.6 Å². The Bertz CT molecular complexity index is 2220. The number of ketones is 1. The fourth-order valence-corrected chi connectivity index (χ4v) is 8.13. The lowest BCUT2D eigenvalue weighted by Gasteiger charge is -2.40. The first-order valence-electron chi connectivity index (χ1n) is 20.9. The van der Waals surface area contributed by atoms with E-state index in [1.807, 2.05) is 43.3 Å². The highest BCUT2D eigenvalue weighted by atomic mass is 16.7. The van der Waals surface area contributed by atoms with E-state index in [4.69, 9.17) is 4.84 Å². The zero-order chi connectivity index (χ0) is 45.5. The van der Waals surface area contributed by atoms with Gasteiger partial charge in [-0.2, -0.15) is 0 Å². The number of rotatable bonds is 7. The van der Waals surface area contributed by atoms with Crippen molar-refractivity contribution in [2.75, 3.05) is 46.2 Å². The molecular formula is C45H54N8O10. The SMILES string of the molecule is CC[C@@H]1NC(=O)[C@H](NC(=O)c2ccccc2O)N(C)OC(=O)[C@@H](c2ccccc2)NC(=O)[C@@H]2CC(=O)CCN2C(=O)[C@H](Cc2ccc(N(C)C)cc2)N(C)C(=O)[C@H]2CCCN2C1=O. The number of hydrogen-bond acceptors (Lipinski definition) is 12. The molecule has 334 valence electrons. The number of likely N-dealkylation sites (N-methyl/N-ethyl adjacent to an activating group) is 2. The number of piperidine rings is 1.